The summed E-state index contributed by atoms with van der Waals surface area (Å²) in [4.78, 5) is 2.52. The predicted octanol–water partition coefficient (Wildman–Crippen LogP) is 15.5. The first-order chi connectivity index (χ1) is 31.3. The first kappa shape index (κ1) is 34.7. The number of anilines is 3. The molecule has 0 radical (unpaired) electrons. The molecule has 0 aromatic heterocycles. The highest BCUT2D eigenvalue weighted by atomic mass is 15.1. The van der Waals surface area contributed by atoms with Crippen molar-refractivity contribution in [3.8, 4) is 55.6 Å². The minimum Gasteiger partial charge on any atom is -0.310 e. The molecule has 0 bridgehead atoms. The van der Waals surface area contributed by atoms with Gasteiger partial charge in [0, 0.05) is 16.9 Å². The van der Waals surface area contributed by atoms with Crippen molar-refractivity contribution in [1.29, 1.82) is 0 Å². The fourth-order valence-corrected chi connectivity index (χ4v) is 12.4. The topological polar surface area (TPSA) is 3.24 Å². The van der Waals surface area contributed by atoms with Crippen molar-refractivity contribution >= 4 is 17.1 Å². The maximum atomic E-state index is 2.52. The van der Waals surface area contributed by atoms with Crippen molar-refractivity contribution in [2.45, 2.75) is 10.8 Å². The maximum Gasteiger partial charge on any atom is 0.0726 e. The average molecular weight is 798 g/mol. The largest absolute Gasteiger partial charge is 0.310 e. The molecule has 2 spiro atoms. The molecule has 1 heteroatoms. The molecule has 0 saturated heterocycles. The zero-order valence-corrected chi connectivity index (χ0v) is 34.5. The molecule has 0 heterocycles. The van der Waals surface area contributed by atoms with Crippen LogP contribution in [0.1, 0.15) is 44.5 Å². The van der Waals surface area contributed by atoms with Gasteiger partial charge in [0.15, 0.2) is 0 Å². The van der Waals surface area contributed by atoms with Crippen molar-refractivity contribution in [2.75, 3.05) is 4.90 Å². The molecule has 0 saturated carbocycles. The van der Waals surface area contributed by atoms with Crippen LogP contribution in [0.15, 0.2) is 237 Å². The molecule has 1 nitrogen and oxygen atoms in total. The molecular formula is C62H39N. The summed E-state index contributed by atoms with van der Waals surface area (Å²) < 4.78 is 0. The molecule has 0 unspecified atom stereocenters. The molecule has 10 aromatic carbocycles. The molecule has 0 N–H and O–H groups in total. The van der Waals surface area contributed by atoms with Crippen LogP contribution in [0.5, 0.6) is 0 Å². The van der Waals surface area contributed by atoms with Crippen LogP contribution in [0.25, 0.3) is 55.6 Å². The normalized spacial score (nSPS) is 14.3. The lowest BCUT2D eigenvalue weighted by atomic mass is 9.70. The monoisotopic (exact) mass is 797 g/mol. The summed E-state index contributed by atoms with van der Waals surface area (Å²) >= 11 is 0. The Balaban J connectivity index is 1.05. The summed E-state index contributed by atoms with van der Waals surface area (Å²) in [5.74, 6) is 0. The van der Waals surface area contributed by atoms with E-state index in [2.05, 4.69) is 241 Å². The van der Waals surface area contributed by atoms with Gasteiger partial charge in [-0.3, -0.25) is 0 Å². The van der Waals surface area contributed by atoms with Gasteiger partial charge in [0.1, 0.15) is 0 Å². The van der Waals surface area contributed by atoms with E-state index < -0.39 is 10.8 Å². The molecule has 0 fully saturated rings. The Bertz CT molecular complexity index is 3430. The van der Waals surface area contributed by atoms with E-state index in [0.717, 1.165) is 17.1 Å². The summed E-state index contributed by atoms with van der Waals surface area (Å²) in [6.07, 6.45) is 0. The Morgan fingerprint density at radius 1 is 0.222 bits per heavy atom. The average Bonchev–Trinajstić information content (AvgIpc) is 4.03. The van der Waals surface area contributed by atoms with Gasteiger partial charge in [-0.05, 0) is 125 Å². The Morgan fingerprint density at radius 3 is 1.05 bits per heavy atom. The van der Waals surface area contributed by atoms with E-state index in [1.54, 1.807) is 0 Å². The first-order valence-electron chi connectivity index (χ1n) is 22.1. The SMILES string of the molecule is c1ccc(-c2ccccc2N(c2ccc3c(c2)-c2ccccc2C32c3ccccc3-c3ccccc32)c2ccc3c(c2)C2(c4ccccc4-c4ccccc42)c2ccccc2-3)cc1. The highest BCUT2D eigenvalue weighted by Gasteiger charge is 2.53. The summed E-state index contributed by atoms with van der Waals surface area (Å²) in [6.45, 7) is 0. The highest BCUT2D eigenvalue weighted by Crippen LogP contribution is 2.65. The van der Waals surface area contributed by atoms with Crippen LogP contribution in [-0.2, 0) is 10.8 Å². The smallest absolute Gasteiger partial charge is 0.0726 e. The van der Waals surface area contributed by atoms with Gasteiger partial charge in [0.25, 0.3) is 0 Å². The molecular weight excluding hydrogens is 759 g/mol. The van der Waals surface area contributed by atoms with Crippen LogP contribution in [0, 0.1) is 0 Å². The Labute approximate surface area is 367 Å². The lowest BCUT2D eigenvalue weighted by molar-refractivity contribution is 0.793. The van der Waals surface area contributed by atoms with Gasteiger partial charge < -0.3 is 4.90 Å². The van der Waals surface area contributed by atoms with E-state index in [0.29, 0.717) is 0 Å². The van der Waals surface area contributed by atoms with Gasteiger partial charge in [0.2, 0.25) is 0 Å². The van der Waals surface area contributed by atoms with Gasteiger partial charge in [-0.25, -0.2) is 0 Å². The lowest BCUT2D eigenvalue weighted by Gasteiger charge is -2.33. The highest BCUT2D eigenvalue weighted by molar-refractivity contribution is 5.99. The molecule has 4 aliphatic carbocycles. The summed E-state index contributed by atoms with van der Waals surface area (Å²) in [6, 6.07) is 88.9. The van der Waals surface area contributed by atoms with E-state index in [4.69, 9.17) is 0 Å². The molecule has 0 aliphatic heterocycles. The fourth-order valence-electron chi connectivity index (χ4n) is 12.4. The van der Waals surface area contributed by atoms with Crippen LogP contribution in [-0.4, -0.2) is 0 Å². The van der Waals surface area contributed by atoms with E-state index >= 15 is 0 Å². The second kappa shape index (κ2) is 12.8. The molecule has 63 heavy (non-hydrogen) atoms. The Hall–Kier alpha value is -8.00. The van der Waals surface area contributed by atoms with Gasteiger partial charge in [-0.2, -0.15) is 0 Å². The molecule has 0 atom stereocenters. The Kier molecular flexibility index (Phi) is 7.03. The van der Waals surface area contributed by atoms with Crippen LogP contribution < -0.4 is 4.90 Å². The van der Waals surface area contributed by atoms with Gasteiger partial charge in [-0.1, -0.05) is 206 Å². The minimum atomic E-state index is -0.452. The number of nitrogens with zero attached hydrogens (tertiary/aromatic N) is 1. The van der Waals surface area contributed by atoms with Gasteiger partial charge >= 0.3 is 0 Å². The third-order valence-corrected chi connectivity index (χ3v) is 14.7. The van der Waals surface area contributed by atoms with Crippen molar-refractivity contribution in [3.05, 3.63) is 281 Å². The summed E-state index contributed by atoms with van der Waals surface area (Å²) in [5, 5.41) is 0. The first-order valence-corrected chi connectivity index (χ1v) is 22.1. The van der Waals surface area contributed by atoms with Crippen molar-refractivity contribution in [3.63, 3.8) is 0 Å². The number of para-hydroxylation sites is 1. The third-order valence-electron chi connectivity index (χ3n) is 14.7. The van der Waals surface area contributed by atoms with E-state index in [1.165, 1.54) is 100 Å². The number of fused-ring (bicyclic) bond motifs is 20. The predicted molar refractivity (Wildman–Crippen MR) is 259 cm³/mol. The van der Waals surface area contributed by atoms with Gasteiger partial charge in [0.05, 0.1) is 16.5 Å². The molecule has 10 aromatic rings. The lowest BCUT2D eigenvalue weighted by Crippen LogP contribution is -2.26. The maximum absolute atomic E-state index is 2.52. The van der Waals surface area contributed by atoms with Crippen molar-refractivity contribution in [2.24, 2.45) is 0 Å². The molecule has 14 rings (SSSR count). The number of hydrogen-bond donors (Lipinski definition) is 0. The second-order valence-corrected chi connectivity index (χ2v) is 17.5. The quantitative estimate of drug-likeness (QED) is 0.171. The van der Waals surface area contributed by atoms with Crippen LogP contribution in [0.3, 0.4) is 0 Å². The molecule has 292 valence electrons. The fraction of sp³-hybridized carbons (Fsp3) is 0.0323. The van der Waals surface area contributed by atoms with E-state index in [-0.39, 0.29) is 0 Å². The van der Waals surface area contributed by atoms with Gasteiger partial charge in [-0.15, -0.1) is 0 Å². The second-order valence-electron chi connectivity index (χ2n) is 17.5. The number of rotatable bonds is 4. The summed E-state index contributed by atoms with van der Waals surface area (Å²) in [5.41, 5.74) is 26.1. The zero-order valence-electron chi connectivity index (χ0n) is 34.5. The standard InChI is InChI=1S/C62H39N/c1-2-18-40(19-3-1)43-20-10-17-33-60(43)63(41-35-37-58-51(38-41)49-26-9-16-32-57(49)61(58)52-27-11-4-21-44(52)45-22-5-12-28-53(45)61)42-34-36-50-48-25-8-15-31-56(48)62(59(50)39-42)54-29-13-6-23-46(54)47-24-7-14-30-55(47)62/h1-39H. The van der Waals surface area contributed by atoms with E-state index in [9.17, 15) is 0 Å². The number of hydrogen-bond acceptors (Lipinski definition) is 1. The molecule has 0 amide bonds. The van der Waals surface area contributed by atoms with Crippen LogP contribution in [0.2, 0.25) is 0 Å². The van der Waals surface area contributed by atoms with Crippen LogP contribution in [0.4, 0.5) is 17.1 Å². The minimum absolute atomic E-state index is 0.403. The van der Waals surface area contributed by atoms with Crippen molar-refractivity contribution in [1.82, 2.24) is 0 Å². The zero-order chi connectivity index (χ0) is 41.3. The Morgan fingerprint density at radius 2 is 0.556 bits per heavy atom. The van der Waals surface area contributed by atoms with Crippen molar-refractivity contribution < 1.29 is 0 Å². The van der Waals surface area contributed by atoms with Crippen LogP contribution >= 0.6 is 0 Å². The van der Waals surface area contributed by atoms with E-state index in [1.807, 2.05) is 0 Å². The third kappa shape index (κ3) is 4.36. The summed E-state index contributed by atoms with van der Waals surface area (Å²) in [7, 11) is 0. The number of benzene rings is 10. The molecule has 4 aliphatic rings.